The quantitative estimate of drug-likeness (QED) is 0.695. The van der Waals surface area contributed by atoms with Crippen molar-refractivity contribution in [3.05, 3.63) is 24.3 Å². The molecule has 1 aromatic rings. The summed E-state index contributed by atoms with van der Waals surface area (Å²) >= 11 is 0. The van der Waals surface area contributed by atoms with Crippen molar-refractivity contribution in [2.75, 3.05) is 19.6 Å². The predicted molar refractivity (Wildman–Crippen MR) is 56.1 cm³/mol. The van der Waals surface area contributed by atoms with Crippen molar-refractivity contribution in [3.63, 3.8) is 0 Å². The van der Waals surface area contributed by atoms with Gasteiger partial charge in [0.2, 0.25) is 0 Å². The van der Waals surface area contributed by atoms with E-state index in [0.717, 1.165) is 31.1 Å². The van der Waals surface area contributed by atoms with Crippen LogP contribution in [0.25, 0.3) is 0 Å². The molecule has 1 fully saturated rings. The molecule has 0 radical (unpaired) electrons. The summed E-state index contributed by atoms with van der Waals surface area (Å²) in [5.74, 6) is 1.68. The Kier molecular flexibility index (Phi) is 2.23. The molecule has 0 amide bonds. The van der Waals surface area contributed by atoms with Crippen LogP contribution in [0, 0.1) is 0 Å². The van der Waals surface area contributed by atoms with E-state index in [9.17, 15) is 0 Å². The van der Waals surface area contributed by atoms with Crippen molar-refractivity contribution in [3.8, 4) is 11.5 Å². The molecule has 2 N–H and O–H groups in total. The number of piperazine rings is 1. The summed E-state index contributed by atoms with van der Waals surface area (Å²) in [4.78, 5) is 0. The zero-order valence-corrected chi connectivity index (χ0v) is 8.40. The largest absolute Gasteiger partial charge is 0.449 e. The summed E-state index contributed by atoms with van der Waals surface area (Å²) in [6.45, 7) is 2.86. The Balaban J connectivity index is 1.72. The van der Waals surface area contributed by atoms with Crippen LogP contribution in [0.2, 0.25) is 0 Å². The summed E-state index contributed by atoms with van der Waals surface area (Å²) in [6.07, 6.45) is -0.199. The number of benzene rings is 1. The SMILES string of the molecule is c1ccc2c(c1)OC(C1CNCCN1)O2. The molecule has 1 saturated heterocycles. The first-order valence-electron chi connectivity index (χ1n) is 5.30. The van der Waals surface area contributed by atoms with Crippen LogP contribution in [-0.2, 0) is 0 Å². The maximum Gasteiger partial charge on any atom is 0.257 e. The van der Waals surface area contributed by atoms with Gasteiger partial charge < -0.3 is 20.1 Å². The van der Waals surface area contributed by atoms with Crippen LogP contribution in [0.5, 0.6) is 11.5 Å². The second-order valence-corrected chi connectivity index (χ2v) is 3.82. The molecule has 15 heavy (non-hydrogen) atoms. The molecule has 0 spiro atoms. The lowest BCUT2D eigenvalue weighted by molar-refractivity contribution is 0.0104. The molecule has 1 aromatic carbocycles. The molecule has 4 nitrogen and oxygen atoms in total. The second-order valence-electron chi connectivity index (χ2n) is 3.82. The number of fused-ring (bicyclic) bond motifs is 1. The van der Waals surface area contributed by atoms with E-state index in [0.29, 0.717) is 0 Å². The van der Waals surface area contributed by atoms with Gasteiger partial charge in [-0.05, 0) is 12.1 Å². The Bertz CT molecular complexity index is 325. The third kappa shape index (κ3) is 1.66. The summed E-state index contributed by atoms with van der Waals surface area (Å²) in [6, 6.07) is 8.01. The van der Waals surface area contributed by atoms with Gasteiger partial charge in [0.05, 0.1) is 6.04 Å². The predicted octanol–water partition coefficient (Wildman–Crippen LogP) is 0.345. The molecule has 2 aliphatic heterocycles. The van der Waals surface area contributed by atoms with E-state index in [1.165, 1.54) is 0 Å². The molecule has 0 aromatic heterocycles. The van der Waals surface area contributed by atoms with Gasteiger partial charge in [-0.25, -0.2) is 0 Å². The average molecular weight is 206 g/mol. The summed E-state index contributed by atoms with van der Waals surface area (Å²) < 4.78 is 11.4. The number of hydrogen-bond donors (Lipinski definition) is 2. The number of ether oxygens (including phenoxy) is 2. The van der Waals surface area contributed by atoms with E-state index in [2.05, 4.69) is 10.6 Å². The highest BCUT2D eigenvalue weighted by atomic mass is 16.7. The van der Waals surface area contributed by atoms with Crippen LogP contribution in [0.3, 0.4) is 0 Å². The highest BCUT2D eigenvalue weighted by molar-refractivity contribution is 5.42. The van der Waals surface area contributed by atoms with Crippen molar-refractivity contribution < 1.29 is 9.47 Å². The molecule has 1 atom stereocenters. The lowest BCUT2D eigenvalue weighted by Gasteiger charge is -2.27. The Labute approximate surface area is 88.6 Å². The van der Waals surface area contributed by atoms with Crippen LogP contribution in [0.4, 0.5) is 0 Å². The van der Waals surface area contributed by atoms with Crippen LogP contribution in [-0.4, -0.2) is 32.0 Å². The third-order valence-electron chi connectivity index (χ3n) is 2.74. The van der Waals surface area contributed by atoms with Gasteiger partial charge in [-0.15, -0.1) is 0 Å². The summed E-state index contributed by atoms with van der Waals surface area (Å²) in [5, 5.41) is 6.70. The first-order valence-corrected chi connectivity index (χ1v) is 5.30. The Morgan fingerprint density at radius 3 is 2.40 bits per heavy atom. The minimum Gasteiger partial charge on any atom is -0.449 e. The van der Waals surface area contributed by atoms with Gasteiger partial charge in [0, 0.05) is 19.6 Å². The molecule has 0 saturated carbocycles. The molecule has 1 unspecified atom stereocenters. The van der Waals surface area contributed by atoms with Crippen molar-refractivity contribution in [2.24, 2.45) is 0 Å². The first kappa shape index (κ1) is 9.00. The Morgan fingerprint density at radius 1 is 1.07 bits per heavy atom. The fraction of sp³-hybridized carbons (Fsp3) is 0.455. The molecule has 2 heterocycles. The monoisotopic (exact) mass is 206 g/mol. The maximum absolute atomic E-state index is 5.72. The van der Waals surface area contributed by atoms with Crippen molar-refractivity contribution in [1.29, 1.82) is 0 Å². The Hall–Kier alpha value is -1.26. The highest BCUT2D eigenvalue weighted by Gasteiger charge is 2.32. The molecule has 80 valence electrons. The molecule has 2 aliphatic rings. The van der Waals surface area contributed by atoms with E-state index in [-0.39, 0.29) is 12.3 Å². The topological polar surface area (TPSA) is 42.5 Å². The molecule has 4 heteroatoms. The lowest BCUT2D eigenvalue weighted by atomic mass is 10.2. The zero-order chi connectivity index (χ0) is 10.1. The average Bonchev–Trinajstić information content (AvgIpc) is 2.74. The Morgan fingerprint density at radius 2 is 1.80 bits per heavy atom. The lowest BCUT2D eigenvalue weighted by Crippen LogP contribution is -2.56. The molecule has 0 aliphatic carbocycles. The second kappa shape index (κ2) is 3.72. The van der Waals surface area contributed by atoms with Gasteiger partial charge in [-0.3, -0.25) is 0 Å². The number of para-hydroxylation sites is 2. The van der Waals surface area contributed by atoms with E-state index in [1.807, 2.05) is 24.3 Å². The maximum atomic E-state index is 5.72. The standard InChI is InChI=1S/C11H14N2O2/c1-2-4-10-9(3-1)14-11(15-10)8-7-12-5-6-13-8/h1-4,8,11-13H,5-7H2. The molecular formula is C11H14N2O2. The van der Waals surface area contributed by atoms with Crippen LogP contribution < -0.4 is 20.1 Å². The minimum atomic E-state index is -0.199. The van der Waals surface area contributed by atoms with E-state index >= 15 is 0 Å². The first-order chi connectivity index (χ1) is 7.43. The fourth-order valence-corrected chi connectivity index (χ4v) is 1.95. The van der Waals surface area contributed by atoms with E-state index in [1.54, 1.807) is 0 Å². The number of nitrogens with one attached hydrogen (secondary N) is 2. The van der Waals surface area contributed by atoms with Gasteiger partial charge >= 0.3 is 0 Å². The highest BCUT2D eigenvalue weighted by Crippen LogP contribution is 2.34. The number of rotatable bonds is 1. The van der Waals surface area contributed by atoms with Gasteiger partial charge in [0.25, 0.3) is 6.29 Å². The molecule has 0 bridgehead atoms. The van der Waals surface area contributed by atoms with Crippen molar-refractivity contribution >= 4 is 0 Å². The van der Waals surface area contributed by atoms with Gasteiger partial charge in [-0.1, -0.05) is 12.1 Å². The molecule has 3 rings (SSSR count). The fourth-order valence-electron chi connectivity index (χ4n) is 1.95. The summed E-state index contributed by atoms with van der Waals surface area (Å²) in [7, 11) is 0. The van der Waals surface area contributed by atoms with Crippen LogP contribution >= 0.6 is 0 Å². The van der Waals surface area contributed by atoms with Crippen molar-refractivity contribution in [2.45, 2.75) is 12.3 Å². The summed E-state index contributed by atoms with van der Waals surface area (Å²) in [5.41, 5.74) is 0. The minimum absolute atomic E-state index is 0.199. The number of hydrogen-bond acceptors (Lipinski definition) is 4. The van der Waals surface area contributed by atoms with Crippen LogP contribution in [0.15, 0.2) is 24.3 Å². The molecular weight excluding hydrogens is 192 g/mol. The smallest absolute Gasteiger partial charge is 0.257 e. The van der Waals surface area contributed by atoms with Gasteiger partial charge in [0.1, 0.15) is 0 Å². The van der Waals surface area contributed by atoms with Gasteiger partial charge in [0.15, 0.2) is 11.5 Å². The van der Waals surface area contributed by atoms with E-state index < -0.39 is 0 Å². The normalized spacial score (nSPS) is 25.5. The van der Waals surface area contributed by atoms with Crippen molar-refractivity contribution in [1.82, 2.24) is 10.6 Å². The van der Waals surface area contributed by atoms with Gasteiger partial charge in [-0.2, -0.15) is 0 Å². The third-order valence-corrected chi connectivity index (χ3v) is 2.74. The van der Waals surface area contributed by atoms with Crippen LogP contribution in [0.1, 0.15) is 0 Å². The zero-order valence-electron chi connectivity index (χ0n) is 8.40. The van der Waals surface area contributed by atoms with E-state index in [4.69, 9.17) is 9.47 Å².